The molecule has 0 unspecified atom stereocenters. The Balaban J connectivity index is 2.73. The summed E-state index contributed by atoms with van der Waals surface area (Å²) in [4.78, 5) is 23.3. The van der Waals surface area contributed by atoms with Gasteiger partial charge in [0.2, 0.25) is 0 Å². The molecule has 0 aliphatic heterocycles. The molecular weight excluding hydrogens is 292 g/mol. The highest BCUT2D eigenvalue weighted by Gasteiger charge is 2.17. The van der Waals surface area contributed by atoms with Gasteiger partial charge in [-0.3, -0.25) is 4.79 Å². The Bertz CT molecular complexity index is 803. The molecule has 0 saturated heterocycles. The minimum Gasteiger partial charge on any atom is -0.426 e. The summed E-state index contributed by atoms with van der Waals surface area (Å²) < 4.78 is 10.9. The van der Waals surface area contributed by atoms with E-state index in [4.69, 9.17) is 9.47 Å². The lowest BCUT2D eigenvalue weighted by atomic mass is 10.0. The van der Waals surface area contributed by atoms with Gasteiger partial charge in [-0.25, -0.2) is 4.79 Å². The fourth-order valence-electron chi connectivity index (χ4n) is 2.34. The van der Waals surface area contributed by atoms with Crippen LogP contribution in [0.2, 0.25) is 0 Å². The highest BCUT2D eigenvalue weighted by Crippen LogP contribution is 2.38. The third-order valence-corrected chi connectivity index (χ3v) is 3.46. The van der Waals surface area contributed by atoms with Crippen molar-refractivity contribution in [3.8, 4) is 11.5 Å². The Morgan fingerprint density at radius 2 is 1.78 bits per heavy atom. The van der Waals surface area contributed by atoms with Crippen LogP contribution in [0.5, 0.6) is 11.5 Å². The SMILES string of the molecule is C=C(C)C(=O)Oc1c(CC)cc(OC(C)=O)c2cc(C)ccc12. The second kappa shape index (κ2) is 6.65. The van der Waals surface area contributed by atoms with Gasteiger partial charge >= 0.3 is 11.9 Å². The number of hydrogen-bond donors (Lipinski definition) is 0. The highest BCUT2D eigenvalue weighted by atomic mass is 16.5. The number of carbonyl (C=O) groups excluding carboxylic acids is 2. The number of rotatable bonds is 4. The van der Waals surface area contributed by atoms with Gasteiger partial charge in [-0.15, -0.1) is 0 Å². The summed E-state index contributed by atoms with van der Waals surface area (Å²) in [6.45, 7) is 10.5. The Morgan fingerprint density at radius 1 is 1.09 bits per heavy atom. The number of aryl methyl sites for hydroxylation is 2. The van der Waals surface area contributed by atoms with Crippen molar-refractivity contribution in [2.45, 2.75) is 34.1 Å². The average Bonchev–Trinajstić information content (AvgIpc) is 2.48. The molecular formula is C19H20O4. The molecule has 2 aromatic carbocycles. The molecule has 0 aromatic heterocycles. The summed E-state index contributed by atoms with van der Waals surface area (Å²) in [6, 6.07) is 7.46. The lowest BCUT2D eigenvalue weighted by molar-refractivity contribution is -0.132. The second-order valence-corrected chi connectivity index (χ2v) is 5.53. The van der Waals surface area contributed by atoms with Crippen molar-refractivity contribution in [3.63, 3.8) is 0 Å². The minimum absolute atomic E-state index is 0.330. The quantitative estimate of drug-likeness (QED) is 0.484. The lowest BCUT2D eigenvalue weighted by Gasteiger charge is -2.16. The van der Waals surface area contributed by atoms with Crippen LogP contribution in [-0.2, 0) is 16.0 Å². The maximum Gasteiger partial charge on any atom is 0.338 e. The Hall–Kier alpha value is -2.62. The summed E-state index contributed by atoms with van der Waals surface area (Å²) in [7, 11) is 0. The van der Waals surface area contributed by atoms with Crippen LogP contribution in [0.15, 0.2) is 36.4 Å². The van der Waals surface area contributed by atoms with Gasteiger partial charge in [0.05, 0.1) is 0 Å². The molecule has 0 bridgehead atoms. The largest absolute Gasteiger partial charge is 0.426 e. The molecule has 120 valence electrons. The normalized spacial score (nSPS) is 10.4. The first-order valence-corrected chi connectivity index (χ1v) is 7.45. The second-order valence-electron chi connectivity index (χ2n) is 5.53. The van der Waals surface area contributed by atoms with Crippen LogP contribution >= 0.6 is 0 Å². The predicted molar refractivity (Wildman–Crippen MR) is 89.8 cm³/mol. The molecule has 0 spiro atoms. The molecule has 2 rings (SSSR count). The third kappa shape index (κ3) is 3.59. The molecule has 0 atom stereocenters. The Morgan fingerprint density at radius 3 is 2.35 bits per heavy atom. The smallest absolute Gasteiger partial charge is 0.338 e. The minimum atomic E-state index is -0.471. The lowest BCUT2D eigenvalue weighted by Crippen LogP contribution is -2.11. The van der Waals surface area contributed by atoms with Crippen LogP contribution < -0.4 is 9.47 Å². The van der Waals surface area contributed by atoms with Gasteiger partial charge in [-0.05, 0) is 38.0 Å². The van der Waals surface area contributed by atoms with Gasteiger partial charge in [-0.2, -0.15) is 0 Å². The maximum absolute atomic E-state index is 11.9. The maximum atomic E-state index is 11.9. The fourth-order valence-corrected chi connectivity index (χ4v) is 2.34. The number of ether oxygens (including phenoxy) is 2. The molecule has 0 aliphatic rings. The van der Waals surface area contributed by atoms with Gasteiger partial charge in [0, 0.05) is 23.3 Å². The number of fused-ring (bicyclic) bond motifs is 1. The Kier molecular flexibility index (Phi) is 4.84. The average molecular weight is 312 g/mol. The number of benzene rings is 2. The Labute approximate surface area is 135 Å². The number of esters is 2. The van der Waals surface area contributed by atoms with Crippen molar-refractivity contribution >= 4 is 22.7 Å². The summed E-state index contributed by atoms with van der Waals surface area (Å²) in [5.41, 5.74) is 2.15. The summed E-state index contributed by atoms with van der Waals surface area (Å²) in [6.07, 6.45) is 0.636. The number of hydrogen-bond acceptors (Lipinski definition) is 4. The van der Waals surface area contributed by atoms with Crippen molar-refractivity contribution in [2.75, 3.05) is 0 Å². The van der Waals surface area contributed by atoms with E-state index in [2.05, 4.69) is 6.58 Å². The van der Waals surface area contributed by atoms with Crippen molar-refractivity contribution < 1.29 is 19.1 Å². The standard InChI is InChI=1S/C19H20O4/c1-6-14-10-17(22-13(5)20)16-9-12(4)7-8-15(16)18(14)23-19(21)11(2)3/h7-10H,2,6H2,1,3-5H3. The zero-order chi connectivity index (χ0) is 17.1. The van der Waals surface area contributed by atoms with Crippen molar-refractivity contribution in [1.29, 1.82) is 0 Å². The topological polar surface area (TPSA) is 52.6 Å². The molecule has 0 radical (unpaired) electrons. The molecule has 4 heteroatoms. The zero-order valence-electron chi connectivity index (χ0n) is 13.9. The van der Waals surface area contributed by atoms with E-state index in [0.29, 0.717) is 23.5 Å². The molecule has 0 heterocycles. The van der Waals surface area contributed by atoms with Gasteiger partial charge in [-0.1, -0.05) is 31.2 Å². The van der Waals surface area contributed by atoms with E-state index in [1.54, 1.807) is 13.0 Å². The van der Waals surface area contributed by atoms with Crippen LogP contribution in [0.4, 0.5) is 0 Å². The third-order valence-electron chi connectivity index (χ3n) is 3.46. The van der Waals surface area contributed by atoms with E-state index >= 15 is 0 Å². The van der Waals surface area contributed by atoms with Gasteiger partial charge in [0.15, 0.2) is 0 Å². The molecule has 0 saturated carbocycles. The van der Waals surface area contributed by atoms with E-state index in [-0.39, 0.29) is 5.97 Å². The van der Waals surface area contributed by atoms with Crippen LogP contribution in [0.25, 0.3) is 10.8 Å². The van der Waals surface area contributed by atoms with Gasteiger partial charge in [0.25, 0.3) is 0 Å². The van der Waals surface area contributed by atoms with Crippen LogP contribution in [0, 0.1) is 6.92 Å². The first-order valence-electron chi connectivity index (χ1n) is 7.45. The molecule has 2 aromatic rings. The van der Waals surface area contributed by atoms with Crippen molar-refractivity contribution in [2.24, 2.45) is 0 Å². The van der Waals surface area contributed by atoms with Crippen molar-refractivity contribution in [3.05, 3.63) is 47.5 Å². The molecule has 4 nitrogen and oxygen atoms in total. The molecule has 23 heavy (non-hydrogen) atoms. The van der Waals surface area contributed by atoms with Gasteiger partial charge in [0.1, 0.15) is 11.5 Å². The van der Waals surface area contributed by atoms with Crippen molar-refractivity contribution in [1.82, 2.24) is 0 Å². The summed E-state index contributed by atoms with van der Waals surface area (Å²) in [5, 5.41) is 1.47. The summed E-state index contributed by atoms with van der Waals surface area (Å²) >= 11 is 0. The van der Waals surface area contributed by atoms with E-state index in [0.717, 1.165) is 21.9 Å². The first kappa shape index (κ1) is 16.7. The van der Waals surface area contributed by atoms with Crippen LogP contribution in [0.3, 0.4) is 0 Å². The molecule has 0 N–H and O–H groups in total. The number of carbonyl (C=O) groups is 2. The van der Waals surface area contributed by atoms with E-state index < -0.39 is 5.97 Å². The monoisotopic (exact) mass is 312 g/mol. The van der Waals surface area contributed by atoms with E-state index in [9.17, 15) is 9.59 Å². The predicted octanol–water partition coefficient (Wildman–Crippen LogP) is 4.12. The molecule has 0 fully saturated rings. The van der Waals surface area contributed by atoms with Crippen LogP contribution in [0.1, 0.15) is 31.9 Å². The fraction of sp³-hybridized carbons (Fsp3) is 0.263. The first-order chi connectivity index (χ1) is 10.8. The molecule has 0 aliphatic carbocycles. The highest BCUT2D eigenvalue weighted by molar-refractivity contribution is 5.99. The van der Waals surface area contributed by atoms with E-state index in [1.807, 2.05) is 32.0 Å². The van der Waals surface area contributed by atoms with Gasteiger partial charge < -0.3 is 9.47 Å². The zero-order valence-corrected chi connectivity index (χ0v) is 13.9. The summed E-state index contributed by atoms with van der Waals surface area (Å²) in [5.74, 6) is 0.109. The van der Waals surface area contributed by atoms with E-state index in [1.165, 1.54) is 6.92 Å². The molecule has 0 amide bonds. The van der Waals surface area contributed by atoms with Crippen LogP contribution in [-0.4, -0.2) is 11.9 Å².